The van der Waals surface area contributed by atoms with E-state index in [0.717, 1.165) is 4.90 Å². The third-order valence-electron chi connectivity index (χ3n) is 3.80. The van der Waals surface area contributed by atoms with Crippen LogP contribution in [-0.2, 0) is 4.79 Å². The quantitative estimate of drug-likeness (QED) is 0.449. The Balaban J connectivity index is 1.61. The number of thioether (sulfide) groups is 1. The fraction of sp³-hybridized carbons (Fsp3) is 0.105. The molecule has 0 saturated carbocycles. The number of rotatable bonds is 5. The lowest BCUT2D eigenvalue weighted by molar-refractivity contribution is -0.119. The number of amides is 2. The Bertz CT molecular complexity index is 1040. The molecule has 0 atom stereocenters. The number of aryl methyl sites for hydroxylation is 1. The van der Waals surface area contributed by atoms with Crippen LogP contribution in [0.2, 0.25) is 10.2 Å². The van der Waals surface area contributed by atoms with Crippen molar-refractivity contribution < 1.29 is 14.0 Å². The van der Waals surface area contributed by atoms with E-state index in [0.29, 0.717) is 16.4 Å². The van der Waals surface area contributed by atoms with Crippen molar-refractivity contribution in [2.75, 3.05) is 5.75 Å². The zero-order chi connectivity index (χ0) is 21.0. The lowest BCUT2D eigenvalue weighted by Crippen LogP contribution is -2.42. The molecule has 10 heteroatoms. The topological polar surface area (TPSA) is 76.0 Å². The molecule has 0 fully saturated rings. The van der Waals surface area contributed by atoms with E-state index in [2.05, 4.69) is 16.0 Å². The average Bonchev–Trinajstić information content (AvgIpc) is 3.00. The molecule has 6 nitrogen and oxygen atoms in total. The maximum absolute atomic E-state index is 13.1. The summed E-state index contributed by atoms with van der Waals surface area (Å²) in [7, 11) is 0. The van der Waals surface area contributed by atoms with Crippen molar-refractivity contribution in [2.45, 2.75) is 11.8 Å². The van der Waals surface area contributed by atoms with E-state index >= 15 is 0 Å². The second-order valence-corrected chi connectivity index (χ2v) is 7.73. The molecule has 2 aromatic carbocycles. The van der Waals surface area contributed by atoms with Gasteiger partial charge in [-0.1, -0.05) is 23.2 Å². The highest BCUT2D eigenvalue weighted by molar-refractivity contribution is 8.00. The third kappa shape index (κ3) is 5.29. The first-order valence-electron chi connectivity index (χ1n) is 8.34. The Morgan fingerprint density at radius 1 is 1.07 bits per heavy atom. The van der Waals surface area contributed by atoms with Gasteiger partial charge in [0.2, 0.25) is 5.91 Å². The van der Waals surface area contributed by atoms with Crippen LogP contribution in [0.1, 0.15) is 16.1 Å². The molecule has 2 amide bonds. The Labute approximate surface area is 180 Å². The van der Waals surface area contributed by atoms with Crippen LogP contribution in [0.4, 0.5) is 4.39 Å². The first-order valence-corrected chi connectivity index (χ1v) is 10.1. The number of hydrazine groups is 1. The van der Waals surface area contributed by atoms with Crippen molar-refractivity contribution in [3.63, 3.8) is 0 Å². The summed E-state index contributed by atoms with van der Waals surface area (Å²) in [5.41, 5.74) is 5.65. The van der Waals surface area contributed by atoms with E-state index in [1.54, 1.807) is 31.2 Å². The van der Waals surface area contributed by atoms with Gasteiger partial charge < -0.3 is 0 Å². The summed E-state index contributed by atoms with van der Waals surface area (Å²) in [4.78, 5) is 25.3. The van der Waals surface area contributed by atoms with Crippen LogP contribution >= 0.6 is 35.0 Å². The molecule has 3 aromatic rings. The molecule has 150 valence electrons. The second-order valence-electron chi connectivity index (χ2n) is 5.88. The van der Waals surface area contributed by atoms with Crippen LogP contribution in [0.25, 0.3) is 5.69 Å². The second kappa shape index (κ2) is 9.30. The van der Waals surface area contributed by atoms with Crippen LogP contribution in [0, 0.1) is 12.7 Å². The molecule has 0 spiro atoms. The molecule has 0 aliphatic rings. The predicted molar refractivity (Wildman–Crippen MR) is 111 cm³/mol. The fourth-order valence-electron chi connectivity index (χ4n) is 2.42. The van der Waals surface area contributed by atoms with Crippen LogP contribution in [0.15, 0.2) is 53.4 Å². The SMILES string of the molecule is Cc1nn(-c2ccc(F)cc2)c(Cl)c1C(=O)NNC(=O)CSc1ccc(Cl)cc1. The van der Waals surface area contributed by atoms with Gasteiger partial charge in [0, 0.05) is 9.92 Å². The number of carbonyl (C=O) groups is 2. The van der Waals surface area contributed by atoms with E-state index in [1.165, 1.54) is 40.7 Å². The molecule has 0 bridgehead atoms. The van der Waals surface area contributed by atoms with Crippen LogP contribution < -0.4 is 10.9 Å². The number of nitrogens with zero attached hydrogens (tertiary/aromatic N) is 2. The molecule has 0 aliphatic heterocycles. The number of halogens is 3. The number of carbonyl (C=O) groups excluding carboxylic acids is 2. The Kier molecular flexibility index (Phi) is 6.79. The summed E-state index contributed by atoms with van der Waals surface area (Å²) < 4.78 is 14.4. The summed E-state index contributed by atoms with van der Waals surface area (Å²) in [5, 5.41) is 4.88. The van der Waals surface area contributed by atoms with Gasteiger partial charge in [-0.05, 0) is 55.5 Å². The van der Waals surface area contributed by atoms with Crippen molar-refractivity contribution in [3.05, 3.63) is 75.8 Å². The molecule has 1 aromatic heterocycles. The largest absolute Gasteiger partial charge is 0.274 e. The Hall–Kier alpha value is -2.55. The number of benzene rings is 2. The molecule has 0 saturated heterocycles. The van der Waals surface area contributed by atoms with E-state index in [9.17, 15) is 14.0 Å². The van der Waals surface area contributed by atoms with Gasteiger partial charge in [0.25, 0.3) is 5.91 Å². The maximum Gasteiger partial charge on any atom is 0.274 e. The first kappa shape index (κ1) is 21.2. The van der Waals surface area contributed by atoms with Crippen molar-refractivity contribution in [3.8, 4) is 5.69 Å². The van der Waals surface area contributed by atoms with Crippen molar-refractivity contribution in [1.29, 1.82) is 0 Å². The van der Waals surface area contributed by atoms with Crippen molar-refractivity contribution in [1.82, 2.24) is 20.6 Å². The van der Waals surface area contributed by atoms with Gasteiger partial charge in [0.15, 0.2) is 0 Å². The minimum Gasteiger partial charge on any atom is -0.272 e. The highest BCUT2D eigenvalue weighted by Gasteiger charge is 2.21. The minimum absolute atomic E-state index is 0.0522. The highest BCUT2D eigenvalue weighted by atomic mass is 35.5. The summed E-state index contributed by atoms with van der Waals surface area (Å²) >= 11 is 13.4. The highest BCUT2D eigenvalue weighted by Crippen LogP contribution is 2.24. The van der Waals surface area contributed by atoms with E-state index in [-0.39, 0.29) is 16.5 Å². The first-order chi connectivity index (χ1) is 13.8. The van der Waals surface area contributed by atoms with E-state index in [1.807, 2.05) is 0 Å². The van der Waals surface area contributed by atoms with E-state index < -0.39 is 17.6 Å². The monoisotopic (exact) mass is 452 g/mol. The molecule has 3 rings (SSSR count). The molecule has 1 heterocycles. The Morgan fingerprint density at radius 3 is 2.38 bits per heavy atom. The predicted octanol–water partition coefficient (Wildman–Crippen LogP) is 4.18. The van der Waals surface area contributed by atoms with Gasteiger partial charge in [0.1, 0.15) is 16.5 Å². The lowest BCUT2D eigenvalue weighted by atomic mass is 10.2. The summed E-state index contributed by atoms with van der Waals surface area (Å²) in [5.74, 6) is -1.29. The zero-order valence-electron chi connectivity index (χ0n) is 15.1. The van der Waals surface area contributed by atoms with Crippen LogP contribution in [0.3, 0.4) is 0 Å². The smallest absolute Gasteiger partial charge is 0.272 e. The number of aromatic nitrogens is 2. The molecular weight excluding hydrogens is 438 g/mol. The van der Waals surface area contributed by atoms with Crippen molar-refractivity contribution in [2.24, 2.45) is 0 Å². The van der Waals surface area contributed by atoms with Gasteiger partial charge in [-0.15, -0.1) is 11.8 Å². The third-order valence-corrected chi connectivity index (χ3v) is 5.41. The van der Waals surface area contributed by atoms with Gasteiger partial charge >= 0.3 is 0 Å². The fourth-order valence-corrected chi connectivity index (χ4v) is 3.60. The van der Waals surface area contributed by atoms with Gasteiger partial charge in [0.05, 0.1) is 17.1 Å². The summed E-state index contributed by atoms with van der Waals surface area (Å²) in [6.45, 7) is 1.61. The van der Waals surface area contributed by atoms with Gasteiger partial charge in [-0.25, -0.2) is 9.07 Å². The van der Waals surface area contributed by atoms with Crippen LogP contribution in [-0.4, -0.2) is 27.3 Å². The molecule has 0 radical (unpaired) electrons. The molecule has 29 heavy (non-hydrogen) atoms. The van der Waals surface area contributed by atoms with Crippen molar-refractivity contribution >= 4 is 46.8 Å². The molecule has 2 N–H and O–H groups in total. The van der Waals surface area contributed by atoms with Gasteiger partial charge in [-0.2, -0.15) is 5.10 Å². The summed E-state index contributed by atoms with van der Waals surface area (Å²) in [6.07, 6.45) is 0. The number of hydrogen-bond acceptors (Lipinski definition) is 4. The zero-order valence-corrected chi connectivity index (χ0v) is 17.4. The molecule has 0 unspecified atom stereocenters. The van der Waals surface area contributed by atoms with Crippen LogP contribution in [0.5, 0.6) is 0 Å². The Morgan fingerprint density at radius 2 is 1.72 bits per heavy atom. The molecule has 0 aliphatic carbocycles. The molecular formula is C19H15Cl2FN4O2S. The number of hydrogen-bond donors (Lipinski definition) is 2. The minimum atomic E-state index is -0.606. The number of nitrogens with one attached hydrogen (secondary N) is 2. The standard InChI is InChI=1S/C19H15Cl2FN4O2S/c1-11-17(18(21)26(25-11)14-6-4-13(22)5-7-14)19(28)24-23-16(27)10-29-15-8-2-12(20)3-9-15/h2-9H,10H2,1H3,(H,23,27)(H,24,28). The normalized spacial score (nSPS) is 10.6. The maximum atomic E-state index is 13.1. The summed E-state index contributed by atoms with van der Waals surface area (Å²) in [6, 6.07) is 12.6. The lowest BCUT2D eigenvalue weighted by Gasteiger charge is -2.08. The van der Waals surface area contributed by atoms with E-state index in [4.69, 9.17) is 23.2 Å². The van der Waals surface area contributed by atoms with Gasteiger partial charge in [-0.3, -0.25) is 20.4 Å². The average molecular weight is 453 g/mol.